The van der Waals surface area contributed by atoms with Crippen LogP contribution in [0.25, 0.3) is 0 Å². The van der Waals surface area contributed by atoms with Crippen LogP contribution in [0, 0.1) is 0 Å². The second kappa shape index (κ2) is 4.78. The molecule has 1 rings (SSSR count). The topological polar surface area (TPSA) is 95.1 Å². The highest BCUT2D eigenvalue weighted by Crippen LogP contribution is 2.11. The number of hydrogen-bond acceptors (Lipinski definition) is 3. The Morgan fingerprint density at radius 2 is 2.25 bits per heavy atom. The van der Waals surface area contributed by atoms with E-state index in [1.165, 1.54) is 12.5 Å². The monoisotopic (exact) mass is 225 g/mol. The molecule has 0 unspecified atom stereocenters. The number of amides is 1. The van der Waals surface area contributed by atoms with Gasteiger partial charge in [0, 0.05) is 12.0 Å². The van der Waals surface area contributed by atoms with Crippen molar-refractivity contribution in [2.24, 2.45) is 0 Å². The van der Waals surface area contributed by atoms with E-state index in [1.54, 1.807) is 13.8 Å². The minimum Gasteiger partial charge on any atom is -0.481 e. The number of H-pyrrole nitrogens is 1. The third-order valence-electron chi connectivity index (χ3n) is 2.16. The number of rotatable bonds is 5. The maximum absolute atomic E-state index is 11.6. The summed E-state index contributed by atoms with van der Waals surface area (Å²) < 4.78 is 0. The first-order valence-corrected chi connectivity index (χ1v) is 4.93. The first-order valence-electron chi connectivity index (χ1n) is 4.93. The molecule has 0 fully saturated rings. The van der Waals surface area contributed by atoms with Gasteiger partial charge in [-0.1, -0.05) is 0 Å². The number of nitrogens with one attached hydrogen (secondary N) is 2. The van der Waals surface area contributed by atoms with Gasteiger partial charge in [-0.3, -0.25) is 9.59 Å². The van der Waals surface area contributed by atoms with E-state index >= 15 is 0 Å². The van der Waals surface area contributed by atoms with Gasteiger partial charge in [-0.2, -0.15) is 0 Å². The van der Waals surface area contributed by atoms with Gasteiger partial charge in [-0.15, -0.1) is 0 Å². The lowest BCUT2D eigenvalue weighted by atomic mass is 9.98. The Kier molecular flexibility index (Phi) is 3.65. The van der Waals surface area contributed by atoms with Gasteiger partial charge >= 0.3 is 5.97 Å². The van der Waals surface area contributed by atoms with Crippen molar-refractivity contribution in [1.82, 2.24) is 15.3 Å². The standard InChI is InChI=1S/C10H15N3O3/c1-10(2,4-3-8(14)15)13-9(16)7-5-11-6-12-7/h5-6H,3-4H2,1-2H3,(H,11,12)(H,13,16)(H,14,15). The van der Waals surface area contributed by atoms with Crippen molar-refractivity contribution in [3.63, 3.8) is 0 Å². The summed E-state index contributed by atoms with van der Waals surface area (Å²) in [5.41, 5.74) is -0.191. The molecule has 6 heteroatoms. The van der Waals surface area contributed by atoms with Crippen LogP contribution in [0.5, 0.6) is 0 Å². The van der Waals surface area contributed by atoms with E-state index in [-0.39, 0.29) is 12.3 Å². The number of imidazole rings is 1. The lowest BCUT2D eigenvalue weighted by Crippen LogP contribution is -2.43. The molecule has 0 aromatic carbocycles. The van der Waals surface area contributed by atoms with Gasteiger partial charge < -0.3 is 15.4 Å². The van der Waals surface area contributed by atoms with Gasteiger partial charge in [-0.05, 0) is 20.3 Å². The number of carbonyl (C=O) groups excluding carboxylic acids is 1. The molecule has 16 heavy (non-hydrogen) atoms. The highest BCUT2D eigenvalue weighted by molar-refractivity contribution is 5.92. The zero-order valence-electron chi connectivity index (χ0n) is 9.28. The molecule has 0 aliphatic rings. The molecule has 1 heterocycles. The predicted molar refractivity (Wildman–Crippen MR) is 57.0 cm³/mol. The lowest BCUT2D eigenvalue weighted by Gasteiger charge is -2.25. The number of aromatic amines is 1. The third kappa shape index (κ3) is 3.72. The molecule has 0 atom stereocenters. The Morgan fingerprint density at radius 1 is 1.56 bits per heavy atom. The van der Waals surface area contributed by atoms with Gasteiger partial charge in [0.05, 0.1) is 12.5 Å². The van der Waals surface area contributed by atoms with Gasteiger partial charge in [0.1, 0.15) is 5.69 Å². The third-order valence-corrected chi connectivity index (χ3v) is 2.16. The van der Waals surface area contributed by atoms with E-state index in [9.17, 15) is 9.59 Å². The van der Waals surface area contributed by atoms with Crippen LogP contribution >= 0.6 is 0 Å². The van der Waals surface area contributed by atoms with E-state index in [1.807, 2.05) is 0 Å². The lowest BCUT2D eigenvalue weighted by molar-refractivity contribution is -0.137. The summed E-state index contributed by atoms with van der Waals surface area (Å²) in [5.74, 6) is -1.16. The molecule has 0 aliphatic heterocycles. The number of carbonyl (C=O) groups is 2. The largest absolute Gasteiger partial charge is 0.481 e. The Balaban J connectivity index is 2.52. The van der Waals surface area contributed by atoms with E-state index in [0.29, 0.717) is 12.1 Å². The smallest absolute Gasteiger partial charge is 0.303 e. The maximum atomic E-state index is 11.6. The van der Waals surface area contributed by atoms with Crippen LogP contribution < -0.4 is 5.32 Å². The Morgan fingerprint density at radius 3 is 2.75 bits per heavy atom. The summed E-state index contributed by atoms with van der Waals surface area (Å²) in [6.45, 7) is 3.56. The average Bonchev–Trinajstić information content (AvgIpc) is 2.67. The molecular weight excluding hydrogens is 210 g/mol. The van der Waals surface area contributed by atoms with Crippen LogP contribution in [0.3, 0.4) is 0 Å². The maximum Gasteiger partial charge on any atom is 0.303 e. The predicted octanol–water partition coefficient (Wildman–Crippen LogP) is 0.783. The van der Waals surface area contributed by atoms with Crippen molar-refractivity contribution in [1.29, 1.82) is 0 Å². The normalized spacial score (nSPS) is 11.1. The molecule has 0 saturated heterocycles. The molecule has 1 aromatic rings. The number of carboxylic acid groups (broad SMARTS) is 1. The van der Waals surface area contributed by atoms with Crippen LogP contribution in [0.1, 0.15) is 37.2 Å². The number of aromatic nitrogens is 2. The van der Waals surface area contributed by atoms with Crippen LogP contribution in [-0.2, 0) is 4.79 Å². The quantitative estimate of drug-likeness (QED) is 0.690. The molecule has 0 radical (unpaired) electrons. The zero-order valence-corrected chi connectivity index (χ0v) is 9.28. The Labute approximate surface area is 93.1 Å². The first kappa shape index (κ1) is 12.2. The summed E-state index contributed by atoms with van der Waals surface area (Å²) in [5, 5.41) is 11.3. The summed E-state index contributed by atoms with van der Waals surface area (Å²) in [6.07, 6.45) is 3.24. The van der Waals surface area contributed by atoms with Crippen molar-refractivity contribution >= 4 is 11.9 Å². The van der Waals surface area contributed by atoms with Gasteiger partial charge in [0.15, 0.2) is 0 Å². The van der Waals surface area contributed by atoms with Gasteiger partial charge in [-0.25, -0.2) is 4.98 Å². The fourth-order valence-electron chi connectivity index (χ4n) is 1.24. The summed E-state index contributed by atoms with van der Waals surface area (Å²) >= 11 is 0. The van der Waals surface area contributed by atoms with Crippen LogP contribution in [0.4, 0.5) is 0 Å². The van der Waals surface area contributed by atoms with E-state index < -0.39 is 11.5 Å². The average molecular weight is 225 g/mol. The zero-order chi connectivity index (χ0) is 12.2. The first-order chi connectivity index (χ1) is 7.41. The molecule has 0 spiro atoms. The minimum atomic E-state index is -0.871. The van der Waals surface area contributed by atoms with Crippen LogP contribution in [0.15, 0.2) is 12.5 Å². The highest BCUT2D eigenvalue weighted by atomic mass is 16.4. The van der Waals surface area contributed by atoms with Crippen LogP contribution in [-0.4, -0.2) is 32.5 Å². The summed E-state index contributed by atoms with van der Waals surface area (Å²) in [4.78, 5) is 28.5. The van der Waals surface area contributed by atoms with Gasteiger partial charge in [0.25, 0.3) is 5.91 Å². The van der Waals surface area contributed by atoms with Crippen molar-refractivity contribution in [2.45, 2.75) is 32.2 Å². The fourth-order valence-corrected chi connectivity index (χ4v) is 1.24. The number of nitrogens with zero attached hydrogens (tertiary/aromatic N) is 1. The highest BCUT2D eigenvalue weighted by Gasteiger charge is 2.22. The van der Waals surface area contributed by atoms with E-state index in [0.717, 1.165) is 0 Å². The number of aliphatic carboxylic acids is 1. The van der Waals surface area contributed by atoms with Crippen molar-refractivity contribution < 1.29 is 14.7 Å². The van der Waals surface area contributed by atoms with Crippen molar-refractivity contribution in [2.75, 3.05) is 0 Å². The molecule has 1 aromatic heterocycles. The Hall–Kier alpha value is -1.85. The molecule has 88 valence electrons. The van der Waals surface area contributed by atoms with E-state index in [4.69, 9.17) is 5.11 Å². The second-order valence-corrected chi connectivity index (χ2v) is 4.20. The molecule has 3 N–H and O–H groups in total. The summed E-state index contributed by atoms with van der Waals surface area (Å²) in [7, 11) is 0. The van der Waals surface area contributed by atoms with Crippen molar-refractivity contribution in [3.05, 3.63) is 18.2 Å². The van der Waals surface area contributed by atoms with Gasteiger partial charge in [0.2, 0.25) is 0 Å². The summed E-state index contributed by atoms with van der Waals surface area (Å²) in [6, 6.07) is 0. The molecule has 0 saturated carbocycles. The SMILES string of the molecule is CC(C)(CCC(=O)O)NC(=O)c1cnc[nH]1. The van der Waals surface area contributed by atoms with Crippen molar-refractivity contribution in [3.8, 4) is 0 Å². The molecule has 0 bridgehead atoms. The van der Waals surface area contributed by atoms with Crippen LogP contribution in [0.2, 0.25) is 0 Å². The molecule has 0 aliphatic carbocycles. The minimum absolute atomic E-state index is 0.0241. The Bertz CT molecular complexity index is 371. The molecule has 1 amide bonds. The molecule has 6 nitrogen and oxygen atoms in total. The number of hydrogen-bond donors (Lipinski definition) is 3. The molecular formula is C10H15N3O3. The number of carboxylic acids is 1. The fraction of sp³-hybridized carbons (Fsp3) is 0.500. The van der Waals surface area contributed by atoms with E-state index in [2.05, 4.69) is 15.3 Å². The second-order valence-electron chi connectivity index (χ2n) is 4.20.